The van der Waals surface area contributed by atoms with Gasteiger partial charge < -0.3 is 14.3 Å². The van der Waals surface area contributed by atoms with Gasteiger partial charge in [0, 0.05) is 38.4 Å². The van der Waals surface area contributed by atoms with E-state index in [1.807, 2.05) is 0 Å². The van der Waals surface area contributed by atoms with Gasteiger partial charge in [-0.1, -0.05) is 0 Å². The van der Waals surface area contributed by atoms with Crippen LogP contribution in [0.5, 0.6) is 0 Å². The molecule has 1 saturated heterocycles. The van der Waals surface area contributed by atoms with Crippen molar-refractivity contribution in [2.24, 2.45) is 7.05 Å². The molecular weight excluding hydrogens is 262 g/mol. The van der Waals surface area contributed by atoms with Crippen LogP contribution in [0.25, 0.3) is 11.2 Å². The van der Waals surface area contributed by atoms with Crippen LogP contribution in [-0.2, 0) is 11.8 Å². The van der Waals surface area contributed by atoms with Crippen molar-refractivity contribution in [3.63, 3.8) is 0 Å². The minimum absolute atomic E-state index is 0.399. The minimum Gasteiger partial charge on any atom is -0.406 e. The Kier molecular flexibility index (Phi) is 3.56. The van der Waals surface area contributed by atoms with E-state index in [0.29, 0.717) is 36.6 Å². The van der Waals surface area contributed by atoms with Gasteiger partial charge in [0.25, 0.3) is 0 Å². The first kappa shape index (κ1) is 13.3. The van der Waals surface area contributed by atoms with Crippen LogP contribution in [0.4, 0.5) is 0 Å². The number of nitrogens with zero attached hydrogens (tertiary/aromatic N) is 3. The van der Waals surface area contributed by atoms with E-state index in [4.69, 9.17) is 9.15 Å². The van der Waals surface area contributed by atoms with Crippen molar-refractivity contribution < 1.29 is 14.3 Å². The van der Waals surface area contributed by atoms with Gasteiger partial charge in [0.15, 0.2) is 11.2 Å². The number of β-amino-alcohol motifs (C(OH)–C–C–N with tert-alkyl or cyclic N) is 1. The van der Waals surface area contributed by atoms with Crippen LogP contribution in [0.2, 0.25) is 0 Å². The average molecular weight is 279 g/mol. The van der Waals surface area contributed by atoms with Crippen molar-refractivity contribution in [2.45, 2.75) is 6.10 Å². The molecule has 0 aromatic carbocycles. The summed E-state index contributed by atoms with van der Waals surface area (Å²) in [4.78, 5) is 17.7. The first-order chi connectivity index (χ1) is 9.65. The van der Waals surface area contributed by atoms with E-state index in [1.165, 1.54) is 4.57 Å². The third-order valence-corrected chi connectivity index (χ3v) is 3.56. The number of pyridine rings is 1. The molecule has 1 N–H and O–H groups in total. The fraction of sp³-hybridized carbons (Fsp3) is 0.538. The molecule has 7 nitrogen and oxygen atoms in total. The smallest absolute Gasteiger partial charge is 0.406 e. The number of aliphatic hydroxyl groups is 1. The molecule has 0 spiro atoms. The molecule has 1 aliphatic rings. The van der Waals surface area contributed by atoms with Crippen molar-refractivity contribution in [3.05, 3.63) is 28.4 Å². The lowest BCUT2D eigenvalue weighted by molar-refractivity contribution is 0.0143. The number of ether oxygens (including phenoxy) is 1. The van der Waals surface area contributed by atoms with E-state index in [0.717, 1.165) is 13.1 Å². The second kappa shape index (κ2) is 5.35. The molecule has 3 rings (SSSR count). The number of rotatable bonds is 3. The number of aromatic nitrogens is 2. The maximum atomic E-state index is 11.4. The second-order valence-electron chi connectivity index (χ2n) is 4.95. The Morgan fingerprint density at radius 2 is 2.20 bits per heavy atom. The predicted octanol–water partition coefficient (Wildman–Crippen LogP) is -0.108. The maximum Gasteiger partial charge on any atom is 0.420 e. The zero-order valence-electron chi connectivity index (χ0n) is 11.3. The third kappa shape index (κ3) is 2.47. The Bertz CT molecular complexity index is 657. The molecule has 0 saturated carbocycles. The van der Waals surface area contributed by atoms with E-state index >= 15 is 0 Å². The van der Waals surface area contributed by atoms with Crippen molar-refractivity contribution in [1.29, 1.82) is 0 Å². The molecular formula is C13H17N3O4. The Morgan fingerprint density at radius 3 is 2.95 bits per heavy atom. The molecule has 0 aliphatic carbocycles. The van der Waals surface area contributed by atoms with Gasteiger partial charge in [-0.3, -0.25) is 9.47 Å². The lowest BCUT2D eigenvalue weighted by Gasteiger charge is -2.28. The van der Waals surface area contributed by atoms with Crippen LogP contribution in [0.15, 0.2) is 21.5 Å². The zero-order valence-corrected chi connectivity index (χ0v) is 11.3. The van der Waals surface area contributed by atoms with Crippen molar-refractivity contribution in [2.75, 3.05) is 32.8 Å². The summed E-state index contributed by atoms with van der Waals surface area (Å²) in [5.41, 5.74) is 1.53. The van der Waals surface area contributed by atoms with E-state index < -0.39 is 11.9 Å². The Morgan fingerprint density at radius 1 is 1.45 bits per heavy atom. The van der Waals surface area contributed by atoms with Crippen LogP contribution in [0, 0.1) is 0 Å². The topological polar surface area (TPSA) is 80.7 Å². The van der Waals surface area contributed by atoms with Crippen LogP contribution < -0.4 is 5.76 Å². The molecule has 3 heterocycles. The number of fused-ring (bicyclic) bond motifs is 1. The highest BCUT2D eigenvalue weighted by atomic mass is 16.5. The summed E-state index contributed by atoms with van der Waals surface area (Å²) in [5.74, 6) is -0.452. The molecule has 7 heteroatoms. The monoisotopic (exact) mass is 279 g/mol. The normalized spacial score (nSPS) is 18.5. The third-order valence-electron chi connectivity index (χ3n) is 3.56. The summed E-state index contributed by atoms with van der Waals surface area (Å²) < 4.78 is 11.7. The Labute approximate surface area is 115 Å². The minimum atomic E-state index is -0.657. The van der Waals surface area contributed by atoms with Crippen molar-refractivity contribution in [3.8, 4) is 0 Å². The fourth-order valence-corrected chi connectivity index (χ4v) is 2.34. The van der Waals surface area contributed by atoms with Gasteiger partial charge in [-0.25, -0.2) is 9.78 Å². The van der Waals surface area contributed by atoms with E-state index in [9.17, 15) is 9.90 Å². The highest BCUT2D eigenvalue weighted by Gasteiger charge is 2.18. The van der Waals surface area contributed by atoms with Crippen molar-refractivity contribution >= 4 is 11.2 Å². The number of hydrogen-bond donors (Lipinski definition) is 1. The quantitative estimate of drug-likeness (QED) is 0.844. The number of oxazole rings is 1. The fourth-order valence-electron chi connectivity index (χ4n) is 2.34. The molecule has 2 aromatic rings. The Hall–Kier alpha value is -1.70. The molecule has 1 atom stereocenters. The van der Waals surface area contributed by atoms with Crippen LogP contribution in [0.1, 0.15) is 11.7 Å². The maximum absolute atomic E-state index is 11.4. The van der Waals surface area contributed by atoms with Crippen LogP contribution >= 0.6 is 0 Å². The summed E-state index contributed by atoms with van der Waals surface area (Å²) in [7, 11) is 1.60. The van der Waals surface area contributed by atoms with E-state index in [-0.39, 0.29) is 0 Å². The highest BCUT2D eigenvalue weighted by molar-refractivity contribution is 5.68. The number of aryl methyl sites for hydroxylation is 1. The van der Waals surface area contributed by atoms with Gasteiger partial charge in [-0.15, -0.1) is 0 Å². The van der Waals surface area contributed by atoms with Gasteiger partial charge in [-0.05, 0) is 6.07 Å². The molecule has 1 fully saturated rings. The van der Waals surface area contributed by atoms with Gasteiger partial charge >= 0.3 is 5.76 Å². The number of aliphatic hydroxyl groups excluding tert-OH is 1. The molecule has 1 aliphatic heterocycles. The standard InChI is InChI=1S/C13H17N3O4/c1-15-12-11(20-13(15)18)6-9(7-14-12)10(17)8-16-2-4-19-5-3-16/h6-7,10,17H,2-5,8H2,1H3. The average Bonchev–Trinajstić information content (AvgIpc) is 2.74. The van der Waals surface area contributed by atoms with Crippen LogP contribution in [0.3, 0.4) is 0 Å². The lowest BCUT2D eigenvalue weighted by Crippen LogP contribution is -2.38. The summed E-state index contributed by atoms with van der Waals surface area (Å²) in [5, 5.41) is 10.3. The molecule has 0 amide bonds. The molecule has 0 radical (unpaired) electrons. The Balaban J connectivity index is 1.80. The van der Waals surface area contributed by atoms with Gasteiger partial charge in [0.05, 0.1) is 19.3 Å². The summed E-state index contributed by atoms with van der Waals surface area (Å²) in [6.45, 7) is 3.53. The molecule has 1 unspecified atom stereocenters. The lowest BCUT2D eigenvalue weighted by atomic mass is 10.1. The number of morpholine rings is 1. The first-order valence-corrected chi connectivity index (χ1v) is 6.59. The molecule has 2 aromatic heterocycles. The summed E-state index contributed by atoms with van der Waals surface area (Å²) in [6.07, 6.45) is 0.929. The molecule has 108 valence electrons. The van der Waals surface area contributed by atoms with Gasteiger partial charge in [0.1, 0.15) is 0 Å². The SMILES string of the molecule is Cn1c(=O)oc2cc(C(O)CN3CCOCC3)cnc21. The largest absolute Gasteiger partial charge is 0.420 e. The zero-order chi connectivity index (χ0) is 14.1. The number of hydrogen-bond acceptors (Lipinski definition) is 6. The van der Waals surface area contributed by atoms with Crippen molar-refractivity contribution in [1.82, 2.24) is 14.5 Å². The summed E-state index contributed by atoms with van der Waals surface area (Å²) in [6, 6.07) is 1.68. The molecule has 0 bridgehead atoms. The van der Waals surface area contributed by atoms with Gasteiger partial charge in [-0.2, -0.15) is 0 Å². The summed E-state index contributed by atoms with van der Waals surface area (Å²) >= 11 is 0. The highest BCUT2D eigenvalue weighted by Crippen LogP contribution is 2.18. The predicted molar refractivity (Wildman–Crippen MR) is 71.5 cm³/mol. The molecule has 20 heavy (non-hydrogen) atoms. The van der Waals surface area contributed by atoms with E-state index in [1.54, 1.807) is 19.3 Å². The first-order valence-electron chi connectivity index (χ1n) is 6.59. The second-order valence-corrected chi connectivity index (χ2v) is 4.95. The van der Waals surface area contributed by atoms with E-state index in [2.05, 4.69) is 9.88 Å². The van der Waals surface area contributed by atoms with Gasteiger partial charge in [0.2, 0.25) is 0 Å². The van der Waals surface area contributed by atoms with Crippen LogP contribution in [-0.4, -0.2) is 52.4 Å².